The number of rotatable bonds is 6. The van der Waals surface area contributed by atoms with Crippen molar-refractivity contribution in [2.45, 2.75) is 20.8 Å². The number of carbonyl (C=O) groups is 1. The molecule has 0 aliphatic carbocycles. The summed E-state index contributed by atoms with van der Waals surface area (Å²) in [5.41, 5.74) is 0.916. The van der Waals surface area contributed by atoms with E-state index in [1.807, 2.05) is 31.2 Å². The Balaban J connectivity index is 2.63. The molecule has 0 aromatic heterocycles. The summed E-state index contributed by atoms with van der Waals surface area (Å²) in [6.45, 7) is 7.37. The van der Waals surface area contributed by atoms with Gasteiger partial charge in [-0.05, 0) is 25.0 Å². The Hall–Kier alpha value is -1.77. The molecule has 0 aliphatic heterocycles. The van der Waals surface area contributed by atoms with Crippen molar-refractivity contribution in [2.24, 2.45) is 5.92 Å². The topological polar surface area (TPSA) is 38.3 Å². The molecule has 0 atom stereocenters. The standard InChI is InChI=1S/C15H21NO2/c1-4-18-14-8-6-5-7-13(14)9-10-15(17)16-11-12(2)3/h5-10,12H,4,11H2,1-3H3,(H,16,17)/b10-9+. The van der Waals surface area contributed by atoms with Gasteiger partial charge in [-0.25, -0.2) is 0 Å². The van der Waals surface area contributed by atoms with Crippen LogP contribution in [-0.2, 0) is 4.79 Å². The van der Waals surface area contributed by atoms with Crippen LogP contribution >= 0.6 is 0 Å². The minimum atomic E-state index is -0.0741. The highest BCUT2D eigenvalue weighted by Gasteiger charge is 2.00. The first-order valence-electron chi connectivity index (χ1n) is 6.31. The Morgan fingerprint density at radius 3 is 2.78 bits per heavy atom. The third kappa shape index (κ3) is 5.04. The summed E-state index contributed by atoms with van der Waals surface area (Å²) in [4.78, 5) is 11.6. The molecule has 1 rings (SSSR count). The Morgan fingerprint density at radius 2 is 2.11 bits per heavy atom. The maximum Gasteiger partial charge on any atom is 0.244 e. The normalized spacial score (nSPS) is 10.9. The van der Waals surface area contributed by atoms with Crippen molar-refractivity contribution < 1.29 is 9.53 Å². The molecule has 1 N–H and O–H groups in total. The molecule has 0 fully saturated rings. The van der Waals surface area contributed by atoms with Crippen LogP contribution in [0.1, 0.15) is 26.3 Å². The monoisotopic (exact) mass is 247 g/mol. The van der Waals surface area contributed by atoms with Gasteiger partial charge in [0.1, 0.15) is 5.75 Å². The fourth-order valence-corrected chi connectivity index (χ4v) is 1.43. The van der Waals surface area contributed by atoms with E-state index in [9.17, 15) is 4.79 Å². The smallest absolute Gasteiger partial charge is 0.244 e. The van der Waals surface area contributed by atoms with Gasteiger partial charge in [0.25, 0.3) is 0 Å². The van der Waals surface area contributed by atoms with Gasteiger partial charge in [-0.15, -0.1) is 0 Å². The summed E-state index contributed by atoms with van der Waals surface area (Å²) in [5, 5.41) is 2.84. The van der Waals surface area contributed by atoms with Crippen molar-refractivity contribution in [3.05, 3.63) is 35.9 Å². The Kier molecular flexibility index (Phi) is 5.98. The predicted octanol–water partition coefficient (Wildman–Crippen LogP) is 2.87. The molecule has 0 bridgehead atoms. The fraction of sp³-hybridized carbons (Fsp3) is 0.400. The molecule has 0 saturated heterocycles. The highest BCUT2D eigenvalue weighted by Crippen LogP contribution is 2.19. The van der Waals surface area contributed by atoms with Crippen LogP contribution in [0, 0.1) is 5.92 Å². The molecule has 18 heavy (non-hydrogen) atoms. The minimum Gasteiger partial charge on any atom is -0.493 e. The zero-order valence-electron chi connectivity index (χ0n) is 11.3. The van der Waals surface area contributed by atoms with E-state index < -0.39 is 0 Å². The molecule has 3 nitrogen and oxygen atoms in total. The van der Waals surface area contributed by atoms with Gasteiger partial charge in [0.15, 0.2) is 0 Å². The number of ether oxygens (including phenoxy) is 1. The lowest BCUT2D eigenvalue weighted by molar-refractivity contribution is -0.116. The lowest BCUT2D eigenvalue weighted by Gasteiger charge is -2.07. The van der Waals surface area contributed by atoms with Crippen molar-refractivity contribution in [3.63, 3.8) is 0 Å². The van der Waals surface area contributed by atoms with Gasteiger partial charge >= 0.3 is 0 Å². The second kappa shape index (κ2) is 7.54. The molecule has 0 radical (unpaired) electrons. The van der Waals surface area contributed by atoms with E-state index in [4.69, 9.17) is 4.74 Å². The van der Waals surface area contributed by atoms with Crippen molar-refractivity contribution >= 4 is 12.0 Å². The van der Waals surface area contributed by atoms with E-state index in [0.29, 0.717) is 19.1 Å². The SMILES string of the molecule is CCOc1ccccc1/C=C/C(=O)NCC(C)C. The highest BCUT2D eigenvalue weighted by atomic mass is 16.5. The molecular formula is C15H21NO2. The Morgan fingerprint density at radius 1 is 1.39 bits per heavy atom. The number of benzene rings is 1. The highest BCUT2D eigenvalue weighted by molar-refractivity contribution is 5.92. The first kappa shape index (κ1) is 14.3. The summed E-state index contributed by atoms with van der Waals surface area (Å²) in [6, 6.07) is 7.67. The maximum atomic E-state index is 11.6. The largest absolute Gasteiger partial charge is 0.493 e. The van der Waals surface area contributed by atoms with Crippen LogP contribution in [0.4, 0.5) is 0 Å². The van der Waals surface area contributed by atoms with Crippen molar-refractivity contribution in [3.8, 4) is 5.75 Å². The van der Waals surface area contributed by atoms with E-state index in [2.05, 4.69) is 19.2 Å². The van der Waals surface area contributed by atoms with Gasteiger partial charge in [-0.2, -0.15) is 0 Å². The van der Waals surface area contributed by atoms with E-state index in [1.54, 1.807) is 12.2 Å². The molecule has 3 heteroatoms. The third-order valence-electron chi connectivity index (χ3n) is 2.32. The van der Waals surface area contributed by atoms with Gasteiger partial charge in [-0.1, -0.05) is 32.0 Å². The van der Waals surface area contributed by atoms with Gasteiger partial charge in [0, 0.05) is 18.2 Å². The summed E-state index contributed by atoms with van der Waals surface area (Å²) >= 11 is 0. The van der Waals surface area contributed by atoms with Gasteiger partial charge in [-0.3, -0.25) is 4.79 Å². The first-order valence-corrected chi connectivity index (χ1v) is 6.31. The molecule has 0 aliphatic rings. The average molecular weight is 247 g/mol. The number of nitrogens with one attached hydrogen (secondary N) is 1. The van der Waals surface area contributed by atoms with E-state index in [0.717, 1.165) is 11.3 Å². The Bertz CT molecular complexity index is 411. The van der Waals surface area contributed by atoms with Crippen LogP contribution in [0.2, 0.25) is 0 Å². The first-order chi connectivity index (χ1) is 8.63. The van der Waals surface area contributed by atoms with Crippen LogP contribution < -0.4 is 10.1 Å². The quantitative estimate of drug-likeness (QED) is 0.785. The average Bonchev–Trinajstić information content (AvgIpc) is 2.35. The van der Waals surface area contributed by atoms with Crippen LogP contribution in [0.3, 0.4) is 0 Å². The summed E-state index contributed by atoms with van der Waals surface area (Å²) < 4.78 is 5.48. The van der Waals surface area contributed by atoms with E-state index in [-0.39, 0.29) is 5.91 Å². The summed E-state index contributed by atoms with van der Waals surface area (Å²) in [6.07, 6.45) is 3.32. The molecule has 0 unspecified atom stereocenters. The predicted molar refractivity (Wildman–Crippen MR) is 74.5 cm³/mol. The number of hydrogen-bond acceptors (Lipinski definition) is 2. The van der Waals surface area contributed by atoms with Gasteiger partial charge in [0.2, 0.25) is 5.91 Å². The molecule has 98 valence electrons. The zero-order valence-corrected chi connectivity index (χ0v) is 11.3. The molecular weight excluding hydrogens is 226 g/mol. The maximum absolute atomic E-state index is 11.6. The second-order valence-electron chi connectivity index (χ2n) is 4.44. The Labute approximate surface area is 109 Å². The van der Waals surface area contributed by atoms with Crippen molar-refractivity contribution in [1.29, 1.82) is 0 Å². The second-order valence-corrected chi connectivity index (χ2v) is 4.44. The number of amides is 1. The van der Waals surface area contributed by atoms with Crippen molar-refractivity contribution in [1.82, 2.24) is 5.32 Å². The molecule has 0 saturated carbocycles. The zero-order chi connectivity index (χ0) is 13.4. The summed E-state index contributed by atoms with van der Waals surface area (Å²) in [5.74, 6) is 1.18. The molecule has 0 spiro atoms. The molecule has 1 aromatic rings. The third-order valence-corrected chi connectivity index (χ3v) is 2.32. The fourth-order valence-electron chi connectivity index (χ4n) is 1.43. The van der Waals surface area contributed by atoms with E-state index >= 15 is 0 Å². The van der Waals surface area contributed by atoms with Crippen LogP contribution in [0.15, 0.2) is 30.3 Å². The van der Waals surface area contributed by atoms with Crippen LogP contribution in [0.25, 0.3) is 6.08 Å². The minimum absolute atomic E-state index is 0.0741. The molecule has 1 amide bonds. The van der Waals surface area contributed by atoms with Gasteiger partial charge < -0.3 is 10.1 Å². The lowest BCUT2D eigenvalue weighted by atomic mass is 10.2. The number of hydrogen-bond donors (Lipinski definition) is 1. The lowest BCUT2D eigenvalue weighted by Crippen LogP contribution is -2.25. The number of carbonyl (C=O) groups excluding carboxylic acids is 1. The summed E-state index contributed by atoms with van der Waals surface area (Å²) in [7, 11) is 0. The van der Waals surface area contributed by atoms with E-state index in [1.165, 1.54) is 0 Å². The van der Waals surface area contributed by atoms with Crippen molar-refractivity contribution in [2.75, 3.05) is 13.2 Å². The number of para-hydroxylation sites is 1. The van der Waals surface area contributed by atoms with Gasteiger partial charge in [0.05, 0.1) is 6.61 Å². The molecule has 0 heterocycles. The van der Waals surface area contributed by atoms with Crippen LogP contribution in [0.5, 0.6) is 5.75 Å². The van der Waals surface area contributed by atoms with Crippen LogP contribution in [-0.4, -0.2) is 19.1 Å². The molecule has 1 aromatic carbocycles.